The van der Waals surface area contributed by atoms with Crippen molar-refractivity contribution in [3.05, 3.63) is 84.4 Å². The smallest absolute Gasteiger partial charge is 0.265 e. The van der Waals surface area contributed by atoms with Crippen molar-refractivity contribution >= 4 is 17.5 Å². The predicted molar refractivity (Wildman–Crippen MR) is 136 cm³/mol. The van der Waals surface area contributed by atoms with Crippen LogP contribution in [0.2, 0.25) is 0 Å². The van der Waals surface area contributed by atoms with Crippen molar-refractivity contribution in [2.75, 3.05) is 5.32 Å². The van der Waals surface area contributed by atoms with Crippen LogP contribution in [0.3, 0.4) is 0 Å². The SMILES string of the molecule is CCC(Oc1ccc(-c2ccccc2)cc1)C(=O)Nc1ccccc1C(=O)NC1CCCCC1. The molecule has 0 radical (unpaired) electrons. The van der Waals surface area contributed by atoms with E-state index in [-0.39, 0.29) is 17.9 Å². The molecular formula is C29H32N2O3. The summed E-state index contributed by atoms with van der Waals surface area (Å²) in [7, 11) is 0. The lowest BCUT2D eigenvalue weighted by molar-refractivity contribution is -0.122. The van der Waals surface area contributed by atoms with Gasteiger partial charge in [-0.25, -0.2) is 0 Å². The average molecular weight is 457 g/mol. The minimum Gasteiger partial charge on any atom is -0.481 e. The molecule has 3 aromatic rings. The van der Waals surface area contributed by atoms with E-state index in [9.17, 15) is 9.59 Å². The van der Waals surface area contributed by atoms with E-state index >= 15 is 0 Å². The summed E-state index contributed by atoms with van der Waals surface area (Å²) < 4.78 is 6.00. The van der Waals surface area contributed by atoms with Gasteiger partial charge in [0, 0.05) is 6.04 Å². The number of anilines is 1. The molecule has 0 saturated heterocycles. The van der Waals surface area contributed by atoms with Gasteiger partial charge in [-0.15, -0.1) is 0 Å². The summed E-state index contributed by atoms with van der Waals surface area (Å²) in [6, 6.07) is 25.2. The summed E-state index contributed by atoms with van der Waals surface area (Å²) in [5, 5.41) is 6.04. The van der Waals surface area contributed by atoms with Crippen molar-refractivity contribution in [3.8, 4) is 16.9 Å². The van der Waals surface area contributed by atoms with Crippen molar-refractivity contribution in [2.45, 2.75) is 57.6 Å². The number of carbonyl (C=O) groups is 2. The number of carbonyl (C=O) groups excluding carboxylic acids is 2. The van der Waals surface area contributed by atoms with E-state index in [4.69, 9.17) is 4.74 Å². The molecule has 34 heavy (non-hydrogen) atoms. The van der Waals surface area contributed by atoms with Gasteiger partial charge in [-0.3, -0.25) is 9.59 Å². The van der Waals surface area contributed by atoms with E-state index in [1.54, 1.807) is 12.1 Å². The molecule has 5 heteroatoms. The molecule has 176 valence electrons. The Kier molecular flexibility index (Phi) is 7.97. The lowest BCUT2D eigenvalue weighted by Gasteiger charge is -2.23. The summed E-state index contributed by atoms with van der Waals surface area (Å²) >= 11 is 0. The van der Waals surface area contributed by atoms with Gasteiger partial charge in [0.2, 0.25) is 0 Å². The molecule has 1 unspecified atom stereocenters. The van der Waals surface area contributed by atoms with Crippen LogP contribution in [0.25, 0.3) is 11.1 Å². The number of benzene rings is 3. The first-order valence-corrected chi connectivity index (χ1v) is 12.2. The Morgan fingerprint density at radius 2 is 1.50 bits per heavy atom. The van der Waals surface area contributed by atoms with Gasteiger partial charge >= 0.3 is 0 Å². The fourth-order valence-electron chi connectivity index (χ4n) is 4.36. The Labute approximate surface area is 201 Å². The maximum absolute atomic E-state index is 13.0. The monoisotopic (exact) mass is 456 g/mol. The highest BCUT2D eigenvalue weighted by molar-refractivity contribution is 6.04. The number of para-hydroxylation sites is 1. The molecule has 3 aromatic carbocycles. The summed E-state index contributed by atoms with van der Waals surface area (Å²) in [5.74, 6) is 0.214. The predicted octanol–water partition coefficient (Wildman–Crippen LogP) is 6.21. The fourth-order valence-corrected chi connectivity index (χ4v) is 4.36. The summed E-state index contributed by atoms with van der Waals surface area (Å²) in [5.41, 5.74) is 3.19. The van der Waals surface area contributed by atoms with Gasteiger partial charge in [0.15, 0.2) is 6.10 Å². The fraction of sp³-hybridized carbons (Fsp3) is 0.310. The van der Waals surface area contributed by atoms with Crippen molar-refractivity contribution < 1.29 is 14.3 Å². The molecule has 0 bridgehead atoms. The highest BCUT2D eigenvalue weighted by atomic mass is 16.5. The largest absolute Gasteiger partial charge is 0.481 e. The first-order chi connectivity index (χ1) is 16.6. The van der Waals surface area contributed by atoms with Crippen LogP contribution >= 0.6 is 0 Å². The van der Waals surface area contributed by atoms with Crippen LogP contribution in [0.1, 0.15) is 55.8 Å². The molecule has 1 aliphatic rings. The Hall–Kier alpha value is -3.60. The van der Waals surface area contributed by atoms with E-state index in [0.717, 1.165) is 36.8 Å². The summed E-state index contributed by atoms with van der Waals surface area (Å²) in [6.07, 6.45) is 5.37. The summed E-state index contributed by atoms with van der Waals surface area (Å²) in [6.45, 7) is 1.91. The van der Waals surface area contributed by atoms with Crippen LogP contribution in [0.15, 0.2) is 78.9 Å². The second-order valence-corrected chi connectivity index (χ2v) is 8.75. The second-order valence-electron chi connectivity index (χ2n) is 8.75. The van der Waals surface area contributed by atoms with Gasteiger partial charge in [-0.1, -0.05) is 80.8 Å². The number of hydrogen-bond acceptors (Lipinski definition) is 3. The zero-order chi connectivity index (χ0) is 23.8. The van der Waals surface area contributed by atoms with Gasteiger partial charge in [0.05, 0.1) is 11.3 Å². The molecule has 0 aliphatic heterocycles. The third-order valence-corrected chi connectivity index (χ3v) is 6.27. The van der Waals surface area contributed by atoms with Crippen LogP contribution < -0.4 is 15.4 Å². The van der Waals surface area contributed by atoms with Gasteiger partial charge in [0.1, 0.15) is 5.75 Å². The first-order valence-electron chi connectivity index (χ1n) is 12.2. The van der Waals surface area contributed by atoms with Crippen molar-refractivity contribution in [1.82, 2.24) is 5.32 Å². The maximum atomic E-state index is 13.0. The Balaban J connectivity index is 1.41. The minimum atomic E-state index is -0.669. The third kappa shape index (κ3) is 6.04. The topological polar surface area (TPSA) is 67.4 Å². The maximum Gasteiger partial charge on any atom is 0.265 e. The highest BCUT2D eigenvalue weighted by Gasteiger charge is 2.22. The van der Waals surface area contributed by atoms with E-state index in [2.05, 4.69) is 22.8 Å². The van der Waals surface area contributed by atoms with Gasteiger partial charge < -0.3 is 15.4 Å². The van der Waals surface area contributed by atoms with Crippen LogP contribution in [-0.2, 0) is 4.79 Å². The Morgan fingerprint density at radius 1 is 0.853 bits per heavy atom. The van der Waals surface area contributed by atoms with E-state index in [1.165, 1.54) is 6.42 Å². The lowest BCUT2D eigenvalue weighted by atomic mass is 9.95. The standard InChI is InChI=1S/C29H32N2O3/c1-2-27(34-24-19-17-22(18-20-24)21-11-5-3-6-12-21)29(33)31-26-16-10-9-15-25(26)28(32)30-23-13-7-4-8-14-23/h3,5-6,9-12,15-20,23,27H,2,4,7-8,13-14H2,1H3,(H,30,32)(H,31,33). The van der Waals surface area contributed by atoms with Crippen LogP contribution in [0, 0.1) is 0 Å². The van der Waals surface area contributed by atoms with Crippen LogP contribution in [-0.4, -0.2) is 24.0 Å². The molecule has 0 aromatic heterocycles. The van der Waals surface area contributed by atoms with Gasteiger partial charge in [-0.05, 0) is 54.7 Å². The molecule has 0 heterocycles. The van der Waals surface area contributed by atoms with Gasteiger partial charge in [-0.2, -0.15) is 0 Å². The number of amides is 2. The number of ether oxygens (including phenoxy) is 1. The molecule has 1 fully saturated rings. The van der Waals surface area contributed by atoms with E-state index < -0.39 is 6.10 Å². The van der Waals surface area contributed by atoms with E-state index in [1.807, 2.05) is 61.5 Å². The van der Waals surface area contributed by atoms with Crippen molar-refractivity contribution in [2.24, 2.45) is 0 Å². The average Bonchev–Trinajstić information content (AvgIpc) is 2.89. The molecule has 0 spiro atoms. The molecular weight excluding hydrogens is 424 g/mol. The lowest BCUT2D eigenvalue weighted by Crippen LogP contribution is -2.37. The Bertz CT molecular complexity index is 1090. The quantitative estimate of drug-likeness (QED) is 0.423. The Morgan fingerprint density at radius 3 is 2.21 bits per heavy atom. The molecule has 5 nitrogen and oxygen atoms in total. The molecule has 2 amide bonds. The number of hydrogen-bond donors (Lipinski definition) is 2. The highest BCUT2D eigenvalue weighted by Crippen LogP contribution is 2.24. The molecule has 1 aliphatic carbocycles. The van der Waals surface area contributed by atoms with Crippen molar-refractivity contribution in [1.29, 1.82) is 0 Å². The number of nitrogens with one attached hydrogen (secondary N) is 2. The first kappa shape index (κ1) is 23.6. The summed E-state index contributed by atoms with van der Waals surface area (Å²) in [4.78, 5) is 25.9. The number of rotatable bonds is 8. The van der Waals surface area contributed by atoms with Crippen LogP contribution in [0.5, 0.6) is 5.75 Å². The third-order valence-electron chi connectivity index (χ3n) is 6.27. The zero-order valence-electron chi connectivity index (χ0n) is 19.6. The minimum absolute atomic E-state index is 0.145. The normalized spacial score (nSPS) is 14.7. The second kappa shape index (κ2) is 11.5. The molecule has 2 N–H and O–H groups in total. The zero-order valence-corrected chi connectivity index (χ0v) is 19.6. The molecule has 1 saturated carbocycles. The van der Waals surface area contributed by atoms with Crippen LogP contribution in [0.4, 0.5) is 5.69 Å². The van der Waals surface area contributed by atoms with Crippen molar-refractivity contribution in [3.63, 3.8) is 0 Å². The van der Waals surface area contributed by atoms with E-state index in [0.29, 0.717) is 23.4 Å². The molecule has 1 atom stereocenters. The van der Waals surface area contributed by atoms with Gasteiger partial charge in [0.25, 0.3) is 11.8 Å². The molecule has 4 rings (SSSR count).